The molecule has 3 heteroatoms. The Kier molecular flexibility index (Phi) is 5.60. The van der Waals surface area contributed by atoms with Crippen LogP contribution in [-0.4, -0.2) is 23.4 Å². The number of aryl methyl sites for hydroxylation is 1. The van der Waals surface area contributed by atoms with Gasteiger partial charge in [-0.3, -0.25) is 4.79 Å². The van der Waals surface area contributed by atoms with E-state index in [0.29, 0.717) is 18.4 Å². The van der Waals surface area contributed by atoms with E-state index >= 15 is 0 Å². The van der Waals surface area contributed by atoms with E-state index in [1.165, 1.54) is 24.0 Å². The van der Waals surface area contributed by atoms with Gasteiger partial charge < -0.3 is 10.6 Å². The molecule has 0 heterocycles. The molecule has 1 aromatic rings. The van der Waals surface area contributed by atoms with E-state index < -0.39 is 0 Å². The number of amides is 1. The standard InChI is InChI=1S/C17H26N2O/c1-14-6-5-7-15(12-14)13-19(16-9-10-16)17(20)8-3-2-4-11-18/h5-7,12,16H,2-4,8-11,13,18H2,1H3. The van der Waals surface area contributed by atoms with Gasteiger partial charge in [-0.1, -0.05) is 36.2 Å². The van der Waals surface area contributed by atoms with Gasteiger partial charge in [0.2, 0.25) is 5.91 Å². The summed E-state index contributed by atoms with van der Waals surface area (Å²) in [7, 11) is 0. The maximum Gasteiger partial charge on any atom is 0.223 e. The highest BCUT2D eigenvalue weighted by atomic mass is 16.2. The predicted molar refractivity (Wildman–Crippen MR) is 82.3 cm³/mol. The minimum Gasteiger partial charge on any atom is -0.335 e. The molecule has 1 aromatic carbocycles. The first-order chi connectivity index (χ1) is 9.70. The molecule has 1 aliphatic carbocycles. The van der Waals surface area contributed by atoms with Crippen molar-refractivity contribution in [2.45, 2.75) is 58.0 Å². The minimum absolute atomic E-state index is 0.311. The average molecular weight is 274 g/mol. The molecule has 1 aliphatic rings. The summed E-state index contributed by atoms with van der Waals surface area (Å²) in [6.07, 6.45) is 6.05. The fourth-order valence-electron chi connectivity index (χ4n) is 2.56. The molecule has 0 unspecified atom stereocenters. The second kappa shape index (κ2) is 7.44. The molecule has 0 aromatic heterocycles. The van der Waals surface area contributed by atoms with E-state index in [9.17, 15) is 4.79 Å². The molecule has 2 N–H and O–H groups in total. The number of hydrogen-bond donors (Lipinski definition) is 1. The molecule has 110 valence electrons. The van der Waals surface area contributed by atoms with Crippen LogP contribution in [0, 0.1) is 6.92 Å². The first-order valence-corrected chi connectivity index (χ1v) is 7.76. The molecular weight excluding hydrogens is 248 g/mol. The number of hydrogen-bond acceptors (Lipinski definition) is 2. The third-order valence-corrected chi connectivity index (χ3v) is 3.84. The highest BCUT2D eigenvalue weighted by molar-refractivity contribution is 5.76. The van der Waals surface area contributed by atoms with E-state index in [0.717, 1.165) is 32.4 Å². The number of carbonyl (C=O) groups excluding carboxylic acids is 1. The summed E-state index contributed by atoms with van der Waals surface area (Å²) in [5, 5.41) is 0. The summed E-state index contributed by atoms with van der Waals surface area (Å²) >= 11 is 0. The van der Waals surface area contributed by atoms with Crippen molar-refractivity contribution in [2.24, 2.45) is 5.73 Å². The topological polar surface area (TPSA) is 46.3 Å². The summed E-state index contributed by atoms with van der Waals surface area (Å²) in [5.41, 5.74) is 7.99. The molecule has 2 rings (SSSR count). The van der Waals surface area contributed by atoms with Crippen molar-refractivity contribution in [2.75, 3.05) is 6.54 Å². The van der Waals surface area contributed by atoms with Gasteiger partial charge >= 0.3 is 0 Å². The van der Waals surface area contributed by atoms with E-state index in [1.807, 2.05) is 0 Å². The Balaban J connectivity index is 1.88. The van der Waals surface area contributed by atoms with Gasteiger partial charge in [0, 0.05) is 19.0 Å². The predicted octanol–water partition coefficient (Wildman–Crippen LogP) is 3.01. The molecule has 1 amide bonds. The van der Waals surface area contributed by atoms with Gasteiger partial charge in [0.1, 0.15) is 0 Å². The van der Waals surface area contributed by atoms with Gasteiger partial charge in [-0.25, -0.2) is 0 Å². The molecule has 3 nitrogen and oxygen atoms in total. The second-order valence-corrected chi connectivity index (χ2v) is 5.84. The smallest absolute Gasteiger partial charge is 0.223 e. The Morgan fingerprint density at radius 1 is 1.30 bits per heavy atom. The number of unbranched alkanes of at least 4 members (excludes halogenated alkanes) is 2. The van der Waals surface area contributed by atoms with Crippen LogP contribution in [0.15, 0.2) is 24.3 Å². The Labute approximate surface area is 122 Å². The van der Waals surface area contributed by atoms with E-state index in [4.69, 9.17) is 5.73 Å². The van der Waals surface area contributed by atoms with Crippen molar-refractivity contribution in [3.8, 4) is 0 Å². The molecule has 0 aliphatic heterocycles. The number of carbonyl (C=O) groups is 1. The first kappa shape index (κ1) is 15.0. The Morgan fingerprint density at radius 2 is 2.10 bits per heavy atom. The largest absolute Gasteiger partial charge is 0.335 e. The van der Waals surface area contributed by atoms with Gasteiger partial charge in [0.25, 0.3) is 0 Å². The Bertz CT molecular complexity index is 440. The van der Waals surface area contributed by atoms with Gasteiger partial charge in [-0.15, -0.1) is 0 Å². The lowest BCUT2D eigenvalue weighted by Gasteiger charge is -2.23. The van der Waals surface area contributed by atoms with E-state index in [-0.39, 0.29) is 0 Å². The van der Waals surface area contributed by atoms with Gasteiger partial charge in [-0.05, 0) is 44.7 Å². The Morgan fingerprint density at radius 3 is 2.75 bits per heavy atom. The number of nitrogens with zero attached hydrogens (tertiary/aromatic N) is 1. The zero-order chi connectivity index (χ0) is 14.4. The lowest BCUT2D eigenvalue weighted by atomic mass is 10.1. The summed E-state index contributed by atoms with van der Waals surface area (Å²) in [6.45, 7) is 3.59. The molecule has 1 fully saturated rings. The van der Waals surface area contributed by atoms with Crippen molar-refractivity contribution in [3.63, 3.8) is 0 Å². The van der Waals surface area contributed by atoms with Gasteiger partial charge in [0.15, 0.2) is 0 Å². The molecule has 0 atom stereocenters. The van der Waals surface area contributed by atoms with Crippen molar-refractivity contribution in [1.29, 1.82) is 0 Å². The van der Waals surface area contributed by atoms with E-state index in [2.05, 4.69) is 36.1 Å². The van der Waals surface area contributed by atoms with Crippen molar-refractivity contribution in [1.82, 2.24) is 4.90 Å². The fraction of sp³-hybridized carbons (Fsp3) is 0.588. The van der Waals surface area contributed by atoms with Crippen molar-refractivity contribution in [3.05, 3.63) is 35.4 Å². The van der Waals surface area contributed by atoms with Crippen molar-refractivity contribution >= 4 is 5.91 Å². The van der Waals surface area contributed by atoms with Crippen molar-refractivity contribution < 1.29 is 4.79 Å². The zero-order valence-corrected chi connectivity index (χ0v) is 12.5. The van der Waals surface area contributed by atoms with Crippen LogP contribution >= 0.6 is 0 Å². The van der Waals surface area contributed by atoms with Crippen LogP contribution in [0.25, 0.3) is 0 Å². The minimum atomic E-state index is 0.311. The van der Waals surface area contributed by atoms with Crippen LogP contribution in [0.4, 0.5) is 0 Å². The summed E-state index contributed by atoms with van der Waals surface area (Å²) < 4.78 is 0. The van der Waals surface area contributed by atoms with Crippen LogP contribution < -0.4 is 5.73 Å². The normalized spacial score (nSPS) is 14.3. The molecule has 0 bridgehead atoms. The lowest BCUT2D eigenvalue weighted by molar-refractivity contribution is -0.132. The monoisotopic (exact) mass is 274 g/mol. The van der Waals surface area contributed by atoms with Crippen LogP contribution in [0.1, 0.15) is 49.7 Å². The van der Waals surface area contributed by atoms with Crippen LogP contribution in [0.2, 0.25) is 0 Å². The van der Waals surface area contributed by atoms with Crippen LogP contribution in [0.5, 0.6) is 0 Å². The molecule has 0 radical (unpaired) electrons. The van der Waals surface area contributed by atoms with Crippen LogP contribution in [0.3, 0.4) is 0 Å². The second-order valence-electron chi connectivity index (χ2n) is 5.84. The molecule has 0 spiro atoms. The average Bonchev–Trinajstić information content (AvgIpc) is 3.25. The molecule has 0 saturated heterocycles. The third-order valence-electron chi connectivity index (χ3n) is 3.84. The fourth-order valence-corrected chi connectivity index (χ4v) is 2.56. The zero-order valence-electron chi connectivity index (χ0n) is 12.5. The highest BCUT2D eigenvalue weighted by Crippen LogP contribution is 2.29. The molecule has 20 heavy (non-hydrogen) atoms. The quantitative estimate of drug-likeness (QED) is 0.741. The summed E-state index contributed by atoms with van der Waals surface area (Å²) in [4.78, 5) is 14.5. The first-order valence-electron chi connectivity index (χ1n) is 7.76. The highest BCUT2D eigenvalue weighted by Gasteiger charge is 2.31. The number of benzene rings is 1. The van der Waals surface area contributed by atoms with Gasteiger partial charge in [0.05, 0.1) is 0 Å². The number of rotatable bonds is 8. The number of nitrogens with two attached hydrogens (primary N) is 1. The van der Waals surface area contributed by atoms with Gasteiger partial charge in [-0.2, -0.15) is 0 Å². The summed E-state index contributed by atoms with van der Waals surface area (Å²) in [5.74, 6) is 0.311. The lowest BCUT2D eigenvalue weighted by Crippen LogP contribution is -2.32. The molecular formula is C17H26N2O. The van der Waals surface area contributed by atoms with Crippen LogP contribution in [-0.2, 0) is 11.3 Å². The van der Waals surface area contributed by atoms with E-state index in [1.54, 1.807) is 0 Å². The SMILES string of the molecule is Cc1cccc(CN(C(=O)CCCCCN)C2CC2)c1. The Hall–Kier alpha value is -1.35. The third kappa shape index (κ3) is 4.64. The molecule has 1 saturated carbocycles. The maximum absolute atomic E-state index is 12.4. The maximum atomic E-state index is 12.4. The summed E-state index contributed by atoms with van der Waals surface area (Å²) in [6, 6.07) is 8.94.